The maximum absolute atomic E-state index is 9.77. The Morgan fingerprint density at radius 2 is 1.38 bits per heavy atom. The quantitative estimate of drug-likeness (QED) is 0.669. The average Bonchev–Trinajstić information content (AvgIpc) is 2.28. The van der Waals surface area contributed by atoms with Crippen LogP contribution in [0, 0.1) is 0 Å². The van der Waals surface area contributed by atoms with Gasteiger partial charge in [0.2, 0.25) is 0 Å². The van der Waals surface area contributed by atoms with Gasteiger partial charge in [-0.1, -0.05) is 19.8 Å². The van der Waals surface area contributed by atoms with E-state index in [0.29, 0.717) is 13.4 Å². The lowest BCUT2D eigenvalue weighted by Gasteiger charge is -2.12. The molecule has 1 aromatic rings. The summed E-state index contributed by atoms with van der Waals surface area (Å²) in [5.74, 6) is 0.0967. The van der Waals surface area contributed by atoms with Crippen LogP contribution in [-0.4, -0.2) is 10.2 Å². The van der Waals surface area contributed by atoms with E-state index in [9.17, 15) is 10.2 Å². The largest absolute Gasteiger partial charge is 0.505 e. The standard InChI is InChI=1S/C11H13Br3O2/c1-2-3-4-5-6-7(12)10(15)9(14)11(16)8(6)13/h15-16H,2-5H2,1H3. The van der Waals surface area contributed by atoms with Crippen molar-refractivity contribution < 1.29 is 10.2 Å². The predicted molar refractivity (Wildman–Crippen MR) is 76.1 cm³/mol. The number of aromatic hydroxyl groups is 2. The number of rotatable bonds is 4. The molecule has 2 nitrogen and oxygen atoms in total. The molecule has 0 unspecified atom stereocenters. The summed E-state index contributed by atoms with van der Waals surface area (Å²) in [6, 6.07) is 0. The Bertz CT molecular complexity index is 362. The van der Waals surface area contributed by atoms with Crippen LogP contribution in [0.5, 0.6) is 11.5 Å². The summed E-state index contributed by atoms with van der Waals surface area (Å²) in [4.78, 5) is 0. The van der Waals surface area contributed by atoms with Crippen LogP contribution in [0.2, 0.25) is 0 Å². The fourth-order valence-electron chi connectivity index (χ4n) is 1.46. The summed E-state index contributed by atoms with van der Waals surface area (Å²) in [6.45, 7) is 2.14. The van der Waals surface area contributed by atoms with Gasteiger partial charge in [-0.2, -0.15) is 0 Å². The van der Waals surface area contributed by atoms with Crippen LogP contribution in [0.15, 0.2) is 13.4 Å². The van der Waals surface area contributed by atoms with E-state index in [1.807, 2.05) is 0 Å². The fraction of sp³-hybridized carbons (Fsp3) is 0.455. The first-order valence-electron chi connectivity index (χ1n) is 5.07. The average molecular weight is 417 g/mol. The van der Waals surface area contributed by atoms with Crippen LogP contribution < -0.4 is 0 Å². The topological polar surface area (TPSA) is 40.5 Å². The first-order chi connectivity index (χ1) is 7.50. The lowest BCUT2D eigenvalue weighted by Crippen LogP contribution is -1.92. The third-order valence-electron chi connectivity index (χ3n) is 2.39. The molecule has 1 rings (SSSR count). The summed E-state index contributed by atoms with van der Waals surface area (Å²) in [5.41, 5.74) is 0.909. The highest BCUT2D eigenvalue weighted by molar-refractivity contribution is 9.11. The zero-order valence-corrected chi connectivity index (χ0v) is 13.6. The van der Waals surface area contributed by atoms with E-state index in [1.54, 1.807) is 0 Å². The third kappa shape index (κ3) is 2.93. The Kier molecular flexibility index (Phi) is 5.61. The van der Waals surface area contributed by atoms with E-state index in [4.69, 9.17) is 0 Å². The maximum atomic E-state index is 9.77. The van der Waals surface area contributed by atoms with E-state index in [2.05, 4.69) is 54.7 Å². The van der Waals surface area contributed by atoms with Crippen LogP contribution in [0.25, 0.3) is 0 Å². The van der Waals surface area contributed by atoms with Crippen molar-refractivity contribution >= 4 is 47.8 Å². The molecular weight excluding hydrogens is 404 g/mol. The van der Waals surface area contributed by atoms with Gasteiger partial charge in [-0.3, -0.25) is 0 Å². The summed E-state index contributed by atoms with van der Waals surface area (Å²) in [5, 5.41) is 19.5. The molecule has 2 N–H and O–H groups in total. The highest BCUT2D eigenvalue weighted by atomic mass is 79.9. The van der Waals surface area contributed by atoms with Crippen molar-refractivity contribution in [2.45, 2.75) is 32.6 Å². The van der Waals surface area contributed by atoms with Crippen molar-refractivity contribution in [3.05, 3.63) is 19.0 Å². The zero-order chi connectivity index (χ0) is 12.3. The van der Waals surface area contributed by atoms with Gasteiger partial charge in [-0.05, 0) is 66.2 Å². The maximum Gasteiger partial charge on any atom is 0.148 e. The number of benzene rings is 1. The van der Waals surface area contributed by atoms with Crippen molar-refractivity contribution in [1.82, 2.24) is 0 Å². The normalized spacial score (nSPS) is 10.8. The molecule has 1 aromatic carbocycles. The highest BCUT2D eigenvalue weighted by Crippen LogP contribution is 2.47. The number of phenols is 2. The molecule has 0 aliphatic heterocycles. The molecule has 0 heterocycles. The summed E-state index contributed by atoms with van der Waals surface area (Å²) in [7, 11) is 0. The molecule has 0 aliphatic carbocycles. The minimum Gasteiger partial charge on any atom is -0.505 e. The van der Waals surface area contributed by atoms with Crippen LogP contribution in [0.4, 0.5) is 0 Å². The van der Waals surface area contributed by atoms with Crippen LogP contribution in [0.3, 0.4) is 0 Å². The smallest absolute Gasteiger partial charge is 0.148 e. The number of hydrogen-bond donors (Lipinski definition) is 2. The Hall–Kier alpha value is 0.260. The molecule has 0 aromatic heterocycles. The van der Waals surface area contributed by atoms with Crippen LogP contribution in [0.1, 0.15) is 31.7 Å². The van der Waals surface area contributed by atoms with Crippen LogP contribution in [-0.2, 0) is 6.42 Å². The van der Waals surface area contributed by atoms with E-state index >= 15 is 0 Å². The van der Waals surface area contributed by atoms with Gasteiger partial charge in [0, 0.05) is 0 Å². The summed E-state index contributed by atoms with van der Waals surface area (Å²) < 4.78 is 1.59. The number of hydrogen-bond acceptors (Lipinski definition) is 2. The fourth-order valence-corrected chi connectivity index (χ4v) is 3.84. The molecule has 0 aliphatic rings. The van der Waals surface area contributed by atoms with Crippen molar-refractivity contribution in [2.24, 2.45) is 0 Å². The predicted octanol–water partition coefficient (Wildman–Crippen LogP) is 5.12. The highest BCUT2D eigenvalue weighted by Gasteiger charge is 2.18. The third-order valence-corrected chi connectivity index (χ3v) is 4.85. The summed E-state index contributed by atoms with van der Waals surface area (Å²) in [6.07, 6.45) is 4.14. The number of unbranched alkanes of at least 4 members (excludes halogenated alkanes) is 2. The second-order valence-corrected chi connectivity index (χ2v) is 5.95. The number of phenolic OH excluding ortho intramolecular Hbond substituents is 2. The lowest BCUT2D eigenvalue weighted by molar-refractivity contribution is 0.438. The minimum atomic E-state index is 0.0483. The molecule has 90 valence electrons. The Labute approximate surface area is 120 Å². The molecular formula is C11H13Br3O2. The van der Waals surface area contributed by atoms with Gasteiger partial charge in [0.15, 0.2) is 0 Å². The number of halogens is 3. The van der Waals surface area contributed by atoms with Crippen molar-refractivity contribution in [1.29, 1.82) is 0 Å². The molecule has 0 fully saturated rings. The van der Waals surface area contributed by atoms with Gasteiger partial charge >= 0.3 is 0 Å². The monoisotopic (exact) mass is 414 g/mol. The Morgan fingerprint density at radius 3 is 1.81 bits per heavy atom. The van der Waals surface area contributed by atoms with Gasteiger partial charge in [-0.15, -0.1) is 0 Å². The molecule has 0 spiro atoms. The summed E-state index contributed by atoms with van der Waals surface area (Å²) >= 11 is 9.83. The van der Waals surface area contributed by atoms with Gasteiger partial charge in [0.25, 0.3) is 0 Å². The van der Waals surface area contributed by atoms with E-state index in [0.717, 1.165) is 31.2 Å². The minimum absolute atomic E-state index is 0.0483. The Balaban J connectivity index is 3.08. The van der Waals surface area contributed by atoms with Crippen molar-refractivity contribution in [3.63, 3.8) is 0 Å². The second-order valence-electron chi connectivity index (χ2n) is 3.57. The zero-order valence-electron chi connectivity index (χ0n) is 8.86. The van der Waals surface area contributed by atoms with Crippen LogP contribution >= 0.6 is 47.8 Å². The first kappa shape index (κ1) is 14.3. The van der Waals surface area contributed by atoms with Gasteiger partial charge in [0.1, 0.15) is 16.0 Å². The molecule has 16 heavy (non-hydrogen) atoms. The molecule has 0 saturated heterocycles. The van der Waals surface area contributed by atoms with Crippen molar-refractivity contribution in [2.75, 3.05) is 0 Å². The van der Waals surface area contributed by atoms with Gasteiger partial charge < -0.3 is 10.2 Å². The molecule has 0 atom stereocenters. The van der Waals surface area contributed by atoms with Crippen molar-refractivity contribution in [3.8, 4) is 11.5 Å². The van der Waals surface area contributed by atoms with E-state index in [-0.39, 0.29) is 11.5 Å². The van der Waals surface area contributed by atoms with E-state index in [1.165, 1.54) is 0 Å². The van der Waals surface area contributed by atoms with E-state index < -0.39 is 0 Å². The molecule has 0 radical (unpaired) electrons. The second kappa shape index (κ2) is 6.26. The van der Waals surface area contributed by atoms with Gasteiger partial charge in [0.05, 0.1) is 8.95 Å². The molecule has 0 bridgehead atoms. The molecule has 0 saturated carbocycles. The molecule has 5 heteroatoms. The first-order valence-corrected chi connectivity index (χ1v) is 7.45. The SMILES string of the molecule is CCCCCc1c(Br)c(O)c(Br)c(O)c1Br. The molecule has 0 amide bonds. The Morgan fingerprint density at radius 1 is 0.875 bits per heavy atom. The lowest BCUT2D eigenvalue weighted by atomic mass is 10.1. The van der Waals surface area contributed by atoms with Gasteiger partial charge in [-0.25, -0.2) is 0 Å².